The van der Waals surface area contributed by atoms with Gasteiger partial charge in [0.05, 0.1) is 6.42 Å². The number of carbonyl (C=O) groups excluding carboxylic acids is 1. The van der Waals surface area contributed by atoms with Gasteiger partial charge in [0.15, 0.2) is 5.78 Å². The number of aromatic nitrogens is 1. The van der Waals surface area contributed by atoms with Crippen molar-refractivity contribution in [2.24, 2.45) is 7.05 Å². The van der Waals surface area contributed by atoms with Crippen LogP contribution in [0.3, 0.4) is 0 Å². The summed E-state index contributed by atoms with van der Waals surface area (Å²) in [6.45, 7) is 0. The highest BCUT2D eigenvalue weighted by Crippen LogP contribution is 2.25. The fraction of sp³-hybridized carbons (Fsp3) is 0.231. The van der Waals surface area contributed by atoms with Crippen molar-refractivity contribution in [3.8, 4) is 0 Å². The number of fused-ring (bicyclic) bond motifs is 1. The molecule has 0 fully saturated rings. The van der Waals surface area contributed by atoms with Crippen molar-refractivity contribution in [3.63, 3.8) is 0 Å². The summed E-state index contributed by atoms with van der Waals surface area (Å²) in [6.07, 6.45) is 1.57. The molecule has 0 atom stereocenters. The van der Waals surface area contributed by atoms with E-state index in [2.05, 4.69) is 0 Å². The van der Waals surface area contributed by atoms with Crippen LogP contribution in [0.2, 0.25) is 5.02 Å². The topological polar surface area (TPSA) is 59.3 Å². The Labute approximate surface area is 109 Å². The summed E-state index contributed by atoms with van der Waals surface area (Å²) in [4.78, 5) is 22.4. The van der Waals surface area contributed by atoms with Crippen LogP contribution in [-0.2, 0) is 11.8 Å². The molecule has 1 aromatic carbocycles. The maximum Gasteiger partial charge on any atom is 0.303 e. The van der Waals surface area contributed by atoms with Crippen LogP contribution in [0.15, 0.2) is 24.4 Å². The minimum absolute atomic E-state index is 0.0110. The van der Waals surface area contributed by atoms with Crippen molar-refractivity contribution < 1.29 is 14.7 Å². The maximum atomic E-state index is 12.0. The van der Waals surface area contributed by atoms with E-state index in [0.29, 0.717) is 10.6 Å². The molecule has 0 saturated heterocycles. The van der Waals surface area contributed by atoms with Crippen LogP contribution in [0, 0.1) is 0 Å². The average Bonchev–Trinajstić information content (AvgIpc) is 2.63. The number of hydrogen-bond acceptors (Lipinski definition) is 2. The van der Waals surface area contributed by atoms with Gasteiger partial charge in [-0.1, -0.05) is 17.7 Å². The molecule has 0 aliphatic carbocycles. The maximum absolute atomic E-state index is 12.0. The number of carboxylic acid groups (broad SMARTS) is 1. The van der Waals surface area contributed by atoms with E-state index in [0.717, 1.165) is 10.9 Å². The first-order chi connectivity index (χ1) is 8.49. The smallest absolute Gasteiger partial charge is 0.303 e. The van der Waals surface area contributed by atoms with Crippen molar-refractivity contribution in [1.82, 2.24) is 4.57 Å². The third-order valence-electron chi connectivity index (χ3n) is 2.82. The van der Waals surface area contributed by atoms with Crippen molar-refractivity contribution >= 4 is 34.3 Å². The zero-order chi connectivity index (χ0) is 13.3. The van der Waals surface area contributed by atoms with E-state index < -0.39 is 5.97 Å². The number of aliphatic carboxylic acids is 1. The molecule has 1 N–H and O–H groups in total. The van der Waals surface area contributed by atoms with Gasteiger partial charge in [-0.05, 0) is 12.1 Å². The first kappa shape index (κ1) is 12.6. The lowest BCUT2D eigenvalue weighted by Crippen LogP contribution is -2.03. The van der Waals surface area contributed by atoms with Crippen LogP contribution in [0.1, 0.15) is 23.2 Å². The molecular formula is C13H12ClNO3. The quantitative estimate of drug-likeness (QED) is 0.865. The van der Waals surface area contributed by atoms with E-state index in [1.54, 1.807) is 24.4 Å². The number of carboxylic acids is 1. The van der Waals surface area contributed by atoms with Gasteiger partial charge in [0, 0.05) is 41.2 Å². The molecule has 0 amide bonds. The Kier molecular flexibility index (Phi) is 3.39. The Morgan fingerprint density at radius 1 is 1.33 bits per heavy atom. The van der Waals surface area contributed by atoms with Gasteiger partial charge in [-0.3, -0.25) is 9.59 Å². The lowest BCUT2D eigenvalue weighted by Gasteiger charge is -1.98. The molecule has 0 aliphatic heterocycles. The molecule has 0 unspecified atom stereocenters. The highest BCUT2D eigenvalue weighted by Gasteiger charge is 2.15. The first-order valence-corrected chi connectivity index (χ1v) is 5.86. The van der Waals surface area contributed by atoms with Gasteiger partial charge < -0.3 is 9.67 Å². The lowest BCUT2D eigenvalue weighted by atomic mass is 10.1. The predicted molar refractivity (Wildman–Crippen MR) is 69.1 cm³/mol. The van der Waals surface area contributed by atoms with Gasteiger partial charge in [-0.25, -0.2) is 0 Å². The third kappa shape index (κ3) is 2.38. The van der Waals surface area contributed by atoms with Gasteiger partial charge in [0.25, 0.3) is 0 Å². The van der Waals surface area contributed by atoms with Gasteiger partial charge in [-0.2, -0.15) is 0 Å². The van der Waals surface area contributed by atoms with Crippen LogP contribution in [0.25, 0.3) is 10.9 Å². The summed E-state index contributed by atoms with van der Waals surface area (Å²) in [5, 5.41) is 10.00. The standard InChI is InChI=1S/C13H12ClNO3/c1-15-7-10(12(16)4-5-13(17)18)9-3-2-8(14)6-11(9)15/h2-3,6-7H,4-5H2,1H3,(H,17,18). The number of benzene rings is 1. The van der Waals surface area contributed by atoms with E-state index in [1.165, 1.54) is 0 Å². The number of Topliss-reactive ketones (excluding diaryl/α,β-unsaturated/α-hetero) is 1. The summed E-state index contributed by atoms with van der Waals surface area (Å²) < 4.78 is 1.81. The van der Waals surface area contributed by atoms with E-state index in [1.807, 2.05) is 11.6 Å². The molecule has 0 spiro atoms. The van der Waals surface area contributed by atoms with E-state index in [4.69, 9.17) is 16.7 Å². The molecule has 0 bridgehead atoms. The SMILES string of the molecule is Cn1cc(C(=O)CCC(=O)O)c2ccc(Cl)cc21. The van der Waals surface area contributed by atoms with Gasteiger partial charge in [0.1, 0.15) is 0 Å². The van der Waals surface area contributed by atoms with Crippen LogP contribution in [0.4, 0.5) is 0 Å². The Bertz CT molecular complexity index is 630. The van der Waals surface area contributed by atoms with Crippen LogP contribution in [0.5, 0.6) is 0 Å². The summed E-state index contributed by atoms with van der Waals surface area (Å²) >= 11 is 5.91. The number of aryl methyl sites for hydroxylation is 1. The number of carbonyl (C=O) groups is 2. The van der Waals surface area contributed by atoms with Crippen LogP contribution >= 0.6 is 11.6 Å². The lowest BCUT2D eigenvalue weighted by molar-refractivity contribution is -0.136. The zero-order valence-electron chi connectivity index (χ0n) is 9.81. The molecule has 0 saturated carbocycles. The van der Waals surface area contributed by atoms with Crippen molar-refractivity contribution in [2.45, 2.75) is 12.8 Å². The molecule has 5 heteroatoms. The second-order valence-electron chi connectivity index (χ2n) is 4.13. The summed E-state index contributed by atoms with van der Waals surface area (Å²) in [5.74, 6) is -1.13. The second kappa shape index (κ2) is 4.82. The Balaban J connectivity index is 2.39. The fourth-order valence-electron chi connectivity index (χ4n) is 1.93. The molecule has 2 aromatic rings. The van der Waals surface area contributed by atoms with Crippen molar-refractivity contribution in [3.05, 3.63) is 35.0 Å². The summed E-state index contributed by atoms with van der Waals surface area (Å²) in [6, 6.07) is 5.29. The average molecular weight is 266 g/mol. The highest BCUT2D eigenvalue weighted by atomic mass is 35.5. The number of halogens is 1. The summed E-state index contributed by atoms with van der Waals surface area (Å²) in [7, 11) is 1.83. The molecule has 0 radical (unpaired) electrons. The van der Waals surface area contributed by atoms with Gasteiger partial charge in [0.2, 0.25) is 0 Å². The van der Waals surface area contributed by atoms with Crippen LogP contribution in [-0.4, -0.2) is 21.4 Å². The molecule has 4 nitrogen and oxygen atoms in total. The van der Waals surface area contributed by atoms with Gasteiger partial charge in [-0.15, -0.1) is 0 Å². The van der Waals surface area contributed by atoms with Crippen LogP contribution < -0.4 is 0 Å². The predicted octanol–water partition coefficient (Wildman–Crippen LogP) is 2.88. The third-order valence-corrected chi connectivity index (χ3v) is 3.05. The minimum atomic E-state index is -0.966. The molecule has 18 heavy (non-hydrogen) atoms. The number of ketones is 1. The molecule has 0 aliphatic rings. The zero-order valence-corrected chi connectivity index (χ0v) is 10.6. The molecular weight excluding hydrogens is 254 g/mol. The van der Waals surface area contributed by atoms with E-state index >= 15 is 0 Å². The highest BCUT2D eigenvalue weighted by molar-refractivity contribution is 6.31. The van der Waals surface area contributed by atoms with Crippen molar-refractivity contribution in [1.29, 1.82) is 0 Å². The van der Waals surface area contributed by atoms with Gasteiger partial charge >= 0.3 is 5.97 Å². The Hall–Kier alpha value is -1.81. The number of hydrogen-bond donors (Lipinski definition) is 1. The fourth-order valence-corrected chi connectivity index (χ4v) is 2.10. The molecule has 1 heterocycles. The Morgan fingerprint density at radius 3 is 2.72 bits per heavy atom. The summed E-state index contributed by atoms with van der Waals surface area (Å²) in [5.41, 5.74) is 1.41. The molecule has 2 rings (SSSR count). The monoisotopic (exact) mass is 265 g/mol. The number of rotatable bonds is 4. The molecule has 1 aromatic heterocycles. The second-order valence-corrected chi connectivity index (χ2v) is 4.57. The van der Waals surface area contributed by atoms with E-state index in [-0.39, 0.29) is 18.6 Å². The van der Waals surface area contributed by atoms with E-state index in [9.17, 15) is 9.59 Å². The van der Waals surface area contributed by atoms with Crippen molar-refractivity contribution in [2.75, 3.05) is 0 Å². The minimum Gasteiger partial charge on any atom is -0.481 e. The first-order valence-electron chi connectivity index (χ1n) is 5.48. The largest absolute Gasteiger partial charge is 0.481 e. The molecule has 94 valence electrons. The Morgan fingerprint density at radius 2 is 2.06 bits per heavy atom. The normalized spacial score (nSPS) is 10.8. The number of nitrogens with zero attached hydrogens (tertiary/aromatic N) is 1.